The molecule has 1 amide bonds. The molecule has 1 aromatic carbocycles. The van der Waals surface area contributed by atoms with E-state index in [9.17, 15) is 13.2 Å². The van der Waals surface area contributed by atoms with Crippen LogP contribution in [0.3, 0.4) is 0 Å². The van der Waals surface area contributed by atoms with E-state index in [1.165, 1.54) is 0 Å². The van der Waals surface area contributed by atoms with Gasteiger partial charge in [0.05, 0.1) is 17.8 Å². The van der Waals surface area contributed by atoms with Gasteiger partial charge in [-0.3, -0.25) is 4.79 Å². The number of rotatable bonds is 7. The second kappa shape index (κ2) is 7.56. The van der Waals surface area contributed by atoms with Crippen LogP contribution >= 0.6 is 0 Å². The van der Waals surface area contributed by atoms with E-state index >= 15 is 0 Å². The van der Waals surface area contributed by atoms with Gasteiger partial charge in [-0.2, -0.15) is 0 Å². The maximum absolute atomic E-state index is 12.0. The molecule has 3 N–H and O–H groups in total. The van der Waals surface area contributed by atoms with Gasteiger partial charge in [-0.15, -0.1) is 0 Å². The zero-order valence-corrected chi connectivity index (χ0v) is 13.6. The number of nitrogens with two attached hydrogens (primary N) is 1. The summed E-state index contributed by atoms with van der Waals surface area (Å²) in [5.74, 6) is -0.394. The fourth-order valence-electron chi connectivity index (χ4n) is 1.97. The lowest BCUT2D eigenvalue weighted by Gasteiger charge is -2.20. The quantitative estimate of drug-likeness (QED) is 0.795. The Morgan fingerprint density at radius 3 is 2.33 bits per heavy atom. The minimum absolute atomic E-state index is 0.0804. The van der Waals surface area contributed by atoms with Gasteiger partial charge in [0, 0.05) is 6.26 Å². The molecule has 0 saturated heterocycles. The van der Waals surface area contributed by atoms with E-state index in [4.69, 9.17) is 5.73 Å². The van der Waals surface area contributed by atoms with E-state index in [0.717, 1.165) is 23.8 Å². The highest BCUT2D eigenvalue weighted by Gasteiger charge is 2.19. The summed E-state index contributed by atoms with van der Waals surface area (Å²) in [6, 6.07) is 7.03. The summed E-state index contributed by atoms with van der Waals surface area (Å²) in [5, 5.41) is 2.88. The average molecular weight is 312 g/mol. The molecule has 118 valence electrons. The molecule has 0 aliphatic heterocycles. The Morgan fingerprint density at radius 2 is 1.86 bits per heavy atom. The molecule has 0 aromatic heterocycles. The van der Waals surface area contributed by atoms with E-state index in [1.807, 2.05) is 38.1 Å². The van der Waals surface area contributed by atoms with Crippen LogP contribution in [0.15, 0.2) is 24.3 Å². The van der Waals surface area contributed by atoms with Crippen molar-refractivity contribution in [3.63, 3.8) is 0 Å². The van der Waals surface area contributed by atoms with Crippen LogP contribution in [-0.2, 0) is 14.6 Å². The molecule has 1 aromatic rings. The Bertz CT molecular complexity index is 567. The second-order valence-corrected chi connectivity index (χ2v) is 7.66. The molecule has 0 aliphatic rings. The van der Waals surface area contributed by atoms with Crippen LogP contribution < -0.4 is 11.1 Å². The third-order valence-corrected chi connectivity index (χ3v) is 4.32. The number of hydrogen-bond donors (Lipinski definition) is 2. The first-order valence-electron chi connectivity index (χ1n) is 7.03. The lowest BCUT2D eigenvalue weighted by atomic mass is 10.0. The Labute approximate surface area is 126 Å². The first-order valence-corrected chi connectivity index (χ1v) is 9.09. The lowest BCUT2D eigenvalue weighted by Crippen LogP contribution is -2.43. The second-order valence-electron chi connectivity index (χ2n) is 5.41. The summed E-state index contributed by atoms with van der Waals surface area (Å²) in [5.41, 5.74) is 7.93. The number of sulfone groups is 1. The first-order chi connectivity index (χ1) is 9.73. The molecule has 0 fully saturated rings. The van der Waals surface area contributed by atoms with Crippen LogP contribution in [0.5, 0.6) is 0 Å². The summed E-state index contributed by atoms with van der Waals surface area (Å²) < 4.78 is 22.2. The maximum atomic E-state index is 12.0. The third-order valence-electron chi connectivity index (χ3n) is 3.34. The van der Waals surface area contributed by atoms with Crippen molar-refractivity contribution in [2.75, 3.05) is 12.0 Å². The minimum atomic E-state index is -3.10. The molecule has 0 radical (unpaired) electrons. The van der Waals surface area contributed by atoms with Crippen molar-refractivity contribution in [1.29, 1.82) is 0 Å². The van der Waals surface area contributed by atoms with Gasteiger partial charge >= 0.3 is 0 Å². The molecule has 2 unspecified atom stereocenters. The van der Waals surface area contributed by atoms with Gasteiger partial charge in [-0.1, -0.05) is 36.8 Å². The monoisotopic (exact) mass is 312 g/mol. The van der Waals surface area contributed by atoms with Crippen LogP contribution in [0.25, 0.3) is 0 Å². The van der Waals surface area contributed by atoms with Gasteiger partial charge in [0.1, 0.15) is 9.84 Å². The lowest BCUT2D eigenvalue weighted by molar-refractivity contribution is -0.123. The predicted octanol–water partition coefficient (Wildman–Crippen LogP) is 1.32. The molecule has 0 spiro atoms. The van der Waals surface area contributed by atoms with E-state index in [0.29, 0.717) is 0 Å². The topological polar surface area (TPSA) is 89.3 Å². The Hall–Kier alpha value is -1.40. The number of amides is 1. The number of benzene rings is 1. The van der Waals surface area contributed by atoms with E-state index < -0.39 is 15.9 Å². The first kappa shape index (κ1) is 17.7. The van der Waals surface area contributed by atoms with Crippen LogP contribution in [0, 0.1) is 6.92 Å². The highest BCUT2D eigenvalue weighted by atomic mass is 32.2. The van der Waals surface area contributed by atoms with Gasteiger partial charge < -0.3 is 11.1 Å². The number of hydrogen-bond acceptors (Lipinski definition) is 4. The normalized spacial score (nSPS) is 14.5. The van der Waals surface area contributed by atoms with Crippen molar-refractivity contribution >= 4 is 15.7 Å². The van der Waals surface area contributed by atoms with Crippen LogP contribution in [-0.4, -0.2) is 32.4 Å². The van der Waals surface area contributed by atoms with Gasteiger partial charge in [-0.25, -0.2) is 8.42 Å². The molecular formula is C15H24N2O3S. The SMILES string of the molecule is CCC(NC(=O)C(N)CCS(C)(=O)=O)c1ccc(C)cc1. The number of nitrogens with one attached hydrogen (secondary N) is 1. The van der Waals surface area contributed by atoms with Crippen molar-refractivity contribution in [3.05, 3.63) is 35.4 Å². The standard InChI is InChI=1S/C15H24N2O3S/c1-4-14(12-7-5-11(2)6-8-12)17-15(18)13(16)9-10-21(3,19)20/h5-8,13-14H,4,9-10,16H2,1-3H3,(H,17,18). The van der Waals surface area contributed by atoms with Crippen molar-refractivity contribution in [3.8, 4) is 0 Å². The summed E-state index contributed by atoms with van der Waals surface area (Å²) in [6.07, 6.45) is 2.02. The van der Waals surface area contributed by atoms with Crippen LogP contribution in [0.4, 0.5) is 0 Å². The van der Waals surface area contributed by atoms with E-state index in [2.05, 4.69) is 5.32 Å². The summed E-state index contributed by atoms with van der Waals surface area (Å²) in [7, 11) is -3.10. The predicted molar refractivity (Wildman–Crippen MR) is 84.7 cm³/mol. The van der Waals surface area contributed by atoms with Crippen molar-refractivity contribution in [1.82, 2.24) is 5.32 Å². The van der Waals surface area contributed by atoms with Crippen LogP contribution in [0.2, 0.25) is 0 Å². The van der Waals surface area contributed by atoms with E-state index in [-0.39, 0.29) is 24.1 Å². The van der Waals surface area contributed by atoms with Gasteiger partial charge in [0.2, 0.25) is 5.91 Å². The van der Waals surface area contributed by atoms with E-state index in [1.54, 1.807) is 0 Å². The Balaban J connectivity index is 2.64. The highest BCUT2D eigenvalue weighted by molar-refractivity contribution is 7.90. The molecule has 2 atom stereocenters. The molecule has 0 heterocycles. The fraction of sp³-hybridized carbons (Fsp3) is 0.533. The zero-order chi connectivity index (χ0) is 16.0. The van der Waals surface area contributed by atoms with Crippen molar-refractivity contribution in [2.45, 2.75) is 38.8 Å². The van der Waals surface area contributed by atoms with Gasteiger partial charge in [0.25, 0.3) is 0 Å². The minimum Gasteiger partial charge on any atom is -0.348 e. The van der Waals surface area contributed by atoms with Gasteiger partial charge in [0.15, 0.2) is 0 Å². The van der Waals surface area contributed by atoms with Gasteiger partial charge in [-0.05, 0) is 25.3 Å². The summed E-state index contributed by atoms with van der Waals surface area (Å²) in [6.45, 7) is 3.98. The fourth-order valence-corrected chi connectivity index (χ4v) is 2.65. The molecule has 0 aliphatic carbocycles. The largest absolute Gasteiger partial charge is 0.348 e. The highest BCUT2D eigenvalue weighted by Crippen LogP contribution is 2.17. The number of aryl methyl sites for hydroxylation is 1. The smallest absolute Gasteiger partial charge is 0.237 e. The molecule has 5 nitrogen and oxygen atoms in total. The third kappa shape index (κ3) is 6.27. The molecule has 21 heavy (non-hydrogen) atoms. The maximum Gasteiger partial charge on any atom is 0.237 e. The number of carbonyl (C=O) groups excluding carboxylic acids is 1. The molecule has 0 bridgehead atoms. The molecule has 6 heteroatoms. The van der Waals surface area contributed by atoms with Crippen LogP contribution in [0.1, 0.15) is 36.9 Å². The summed E-state index contributed by atoms with van der Waals surface area (Å²) >= 11 is 0. The molecule has 1 rings (SSSR count). The molecule has 0 saturated carbocycles. The molecular weight excluding hydrogens is 288 g/mol. The Kier molecular flexibility index (Phi) is 6.36. The summed E-state index contributed by atoms with van der Waals surface area (Å²) in [4.78, 5) is 12.0. The van der Waals surface area contributed by atoms with Crippen molar-refractivity contribution < 1.29 is 13.2 Å². The van der Waals surface area contributed by atoms with Crippen molar-refractivity contribution in [2.24, 2.45) is 5.73 Å². The Morgan fingerprint density at radius 1 is 1.29 bits per heavy atom. The average Bonchev–Trinajstić information content (AvgIpc) is 2.42. The number of carbonyl (C=O) groups is 1. The zero-order valence-electron chi connectivity index (χ0n) is 12.8.